The van der Waals surface area contributed by atoms with E-state index in [1.165, 1.54) is 0 Å². The van der Waals surface area contributed by atoms with Gasteiger partial charge in [-0.2, -0.15) is 12.6 Å². The predicted molar refractivity (Wildman–Crippen MR) is 424 cm³/mol. The maximum Gasteiger partial charge on any atom is 0.305 e. The highest BCUT2D eigenvalue weighted by Gasteiger charge is 2.33. The van der Waals surface area contributed by atoms with Crippen molar-refractivity contribution < 1.29 is 102 Å². The van der Waals surface area contributed by atoms with Crippen molar-refractivity contribution in [3.8, 4) is 0 Å². The monoisotopic (exact) mass is 1650 g/mol. The third-order valence-corrected chi connectivity index (χ3v) is 19.1. The molecule has 114 heavy (non-hydrogen) atoms. The summed E-state index contributed by atoms with van der Waals surface area (Å²) < 4.78 is 21.4. The number of carboxylic acids is 1. The molecule has 1 aliphatic heterocycles. The van der Waals surface area contributed by atoms with Crippen molar-refractivity contribution in [1.29, 1.82) is 5.41 Å². The van der Waals surface area contributed by atoms with Crippen molar-refractivity contribution in [2.75, 3.05) is 129 Å². The standard InChI is InChI=1S/C71H120N20O21S2/c1-45(90-107)70(3,4)82-26-21-47(22-27-83-71(5,6)46(2)91-108)20-25-76-57(94)19-12-18-56(93)75-23-11-10-16-50-66(104)88-53(42-113)68(106)87-49(17-13-24-79-69(73)74)63(101)80-38-59(96)86-52(37-62(99)100)64(102)81-39-58(95)85-51(36-48-14-8-7-9-15-48)67(105)89-54(43-114-44-61(98)84-50)65(103)78-29-31-110-33-35-111-34-32-109-30-28-77-60(97)41-112-40-55(72)92/h7-9,14-15,47,49-54,82-83,107-108,113H,10-13,16-44H2,1-6H3,(H2,72,92)(H,75,93)(H,76,94)(H,77,97)(H,78,103)(H,80,101)(H,81,102)(H,84,98)(H,85,95)(H,86,96)(H,87,106)(H,88,104)(H,89,105)(H,99,100)(H4,73,74,79)/b90-45-,91-46-/t49-,50-,51-,52?,53-,54?/m0/s1. The molecule has 2 unspecified atom stereocenters. The van der Waals surface area contributed by atoms with Crippen LogP contribution >= 0.6 is 24.4 Å². The van der Waals surface area contributed by atoms with E-state index >= 15 is 0 Å². The summed E-state index contributed by atoms with van der Waals surface area (Å²) in [5.41, 5.74) is 10.9. The Kier molecular flexibility index (Phi) is 50.7. The molecule has 1 fully saturated rings. The molecule has 0 saturated carbocycles. The number of carbonyl (C=O) groups is 14. The minimum atomic E-state index is -1.83. The van der Waals surface area contributed by atoms with Crippen LogP contribution < -0.4 is 91.2 Å². The SMILES string of the molecule is C/C(=N/O)C(C)(C)NCCC(CCNC(=O)CCCC(=O)NCCCC[C@@H]1NC(=O)CSCC(C(=O)NCCOCCOCCOCCNC(=O)COCC(N)=O)NC(=O)[C@H](Cc2ccccc2)NC(=O)CNC(=O)C(CC(=O)O)NC(=O)CNC(=O)[C@H](CCCNC(=N)N)NC(=O)[C@H](CS)NC1=O)CCNC(C)(C)/C(C)=N\O. The van der Waals surface area contributed by atoms with E-state index < -0.39 is 156 Å². The Morgan fingerprint density at radius 1 is 0.553 bits per heavy atom. The van der Waals surface area contributed by atoms with E-state index in [9.17, 15) is 82.6 Å². The molecule has 1 aromatic rings. The molecule has 1 heterocycles. The molecule has 642 valence electrons. The van der Waals surface area contributed by atoms with Gasteiger partial charge in [0, 0.05) is 63.5 Å². The second-order valence-corrected chi connectivity index (χ2v) is 29.0. The average Bonchev–Trinajstić information content (AvgIpc) is 0.885. The van der Waals surface area contributed by atoms with Gasteiger partial charge in [-0.05, 0) is 124 Å². The lowest BCUT2D eigenvalue weighted by Crippen LogP contribution is -2.58. The number of carboxylic acid groups (broad SMARTS) is 1. The largest absolute Gasteiger partial charge is 0.481 e. The molecule has 1 aromatic carbocycles. The highest BCUT2D eigenvalue weighted by Crippen LogP contribution is 2.17. The van der Waals surface area contributed by atoms with Crippen LogP contribution in [0, 0.1) is 11.3 Å². The lowest BCUT2D eigenvalue weighted by atomic mass is 9.94. The fourth-order valence-corrected chi connectivity index (χ4v) is 11.7. The quantitative estimate of drug-likeness (QED) is 0.00729. The normalized spacial score (nSPS) is 18.8. The Morgan fingerprint density at radius 3 is 1.60 bits per heavy atom. The van der Waals surface area contributed by atoms with Gasteiger partial charge in [0.25, 0.3) is 0 Å². The number of benzene rings is 1. The molecule has 41 nitrogen and oxygen atoms in total. The van der Waals surface area contributed by atoms with Gasteiger partial charge in [0.15, 0.2) is 5.96 Å². The number of hydrogen-bond acceptors (Lipinski definition) is 27. The van der Waals surface area contributed by atoms with Crippen LogP contribution in [0.25, 0.3) is 0 Å². The Morgan fingerprint density at radius 2 is 1.04 bits per heavy atom. The van der Waals surface area contributed by atoms with Gasteiger partial charge in [-0.25, -0.2) is 0 Å². The molecule has 2 rings (SSSR count). The summed E-state index contributed by atoms with van der Waals surface area (Å²) in [6.45, 7) is 11.0. The van der Waals surface area contributed by atoms with Crippen LogP contribution in [0.3, 0.4) is 0 Å². The molecule has 43 heteroatoms. The average molecular weight is 1650 g/mol. The number of hydrogen-bond donors (Lipinski definition) is 22. The molecule has 0 spiro atoms. The first-order chi connectivity index (χ1) is 54.2. The summed E-state index contributed by atoms with van der Waals surface area (Å²) in [7, 11) is 0. The Bertz CT molecular complexity index is 3270. The van der Waals surface area contributed by atoms with Crippen LogP contribution in [-0.2, 0) is 92.5 Å². The molecule has 23 N–H and O–H groups in total. The summed E-state index contributed by atoms with van der Waals surface area (Å²) in [5.74, 6) is -13.1. The number of nitrogens with one attached hydrogen (secondary N) is 16. The highest BCUT2D eigenvalue weighted by molar-refractivity contribution is 8.00. The fraction of sp³-hybridized carbons (Fsp3) is 0.676. The zero-order chi connectivity index (χ0) is 84.9. The molecule has 13 amide bonds. The maximum absolute atomic E-state index is 14.4. The second-order valence-electron chi connectivity index (χ2n) is 27.6. The van der Waals surface area contributed by atoms with Gasteiger partial charge >= 0.3 is 5.97 Å². The third-order valence-electron chi connectivity index (χ3n) is 17.7. The number of ether oxygens (including phenoxy) is 4. The van der Waals surface area contributed by atoms with Crippen molar-refractivity contribution in [1.82, 2.24) is 79.8 Å². The third kappa shape index (κ3) is 46.0. The van der Waals surface area contributed by atoms with Gasteiger partial charge in [0.2, 0.25) is 76.8 Å². The van der Waals surface area contributed by atoms with Crippen molar-refractivity contribution in [3.05, 3.63) is 35.9 Å². The number of aliphatic carboxylic acids is 1. The Hall–Kier alpha value is -9.53. The van der Waals surface area contributed by atoms with Gasteiger partial charge in [0.05, 0.1) is 87.4 Å². The van der Waals surface area contributed by atoms with Gasteiger partial charge < -0.3 is 126 Å². The van der Waals surface area contributed by atoms with Crippen LogP contribution in [-0.4, -0.2) is 292 Å². The minimum Gasteiger partial charge on any atom is -0.481 e. The second kappa shape index (κ2) is 57.5. The van der Waals surface area contributed by atoms with Crippen molar-refractivity contribution in [2.45, 2.75) is 172 Å². The number of guanidine groups is 1. The first-order valence-electron chi connectivity index (χ1n) is 37.6. The van der Waals surface area contributed by atoms with Crippen LogP contribution in [0.2, 0.25) is 0 Å². The number of nitrogens with zero attached hydrogens (tertiary/aromatic N) is 2. The van der Waals surface area contributed by atoms with Crippen molar-refractivity contribution in [2.24, 2.45) is 27.7 Å². The van der Waals surface area contributed by atoms with Gasteiger partial charge in [0.1, 0.15) is 49.5 Å². The number of rotatable bonds is 48. The summed E-state index contributed by atoms with van der Waals surface area (Å²) in [4.78, 5) is 186. The van der Waals surface area contributed by atoms with E-state index in [2.05, 4.69) is 103 Å². The molecule has 0 bridgehead atoms. The van der Waals surface area contributed by atoms with Crippen molar-refractivity contribution in [3.63, 3.8) is 0 Å². The van der Waals surface area contributed by atoms with E-state index in [-0.39, 0.29) is 159 Å². The number of thiol groups is 1. The van der Waals surface area contributed by atoms with Gasteiger partial charge in [-0.15, -0.1) is 11.8 Å². The van der Waals surface area contributed by atoms with E-state index in [0.717, 1.165) is 24.6 Å². The van der Waals surface area contributed by atoms with Gasteiger partial charge in [-0.3, -0.25) is 72.5 Å². The number of amides is 13. The summed E-state index contributed by atoms with van der Waals surface area (Å²) in [5, 5.41) is 82.7. The maximum atomic E-state index is 14.4. The minimum absolute atomic E-state index is 0.00917. The Balaban J connectivity index is 2.38. The smallest absolute Gasteiger partial charge is 0.305 e. The van der Waals surface area contributed by atoms with Crippen LogP contribution in [0.15, 0.2) is 40.6 Å². The first-order valence-corrected chi connectivity index (χ1v) is 39.4. The number of nitrogens with two attached hydrogens (primary N) is 2. The van der Waals surface area contributed by atoms with Crippen LogP contribution in [0.1, 0.15) is 124 Å². The van der Waals surface area contributed by atoms with E-state index in [4.69, 9.17) is 35.8 Å². The number of unbranched alkanes of at least 4 members (excludes halogenated alkanes) is 1. The highest BCUT2D eigenvalue weighted by atomic mass is 32.2. The molecule has 1 saturated heterocycles. The number of carbonyl (C=O) groups excluding carboxylic acids is 13. The lowest BCUT2D eigenvalue weighted by Gasteiger charge is -2.28. The van der Waals surface area contributed by atoms with Crippen molar-refractivity contribution >= 4 is 125 Å². The molecule has 0 aromatic heterocycles. The zero-order valence-electron chi connectivity index (χ0n) is 65.9. The first kappa shape index (κ1) is 101. The molecule has 1 aliphatic rings. The number of thioether (sulfide) groups is 1. The summed E-state index contributed by atoms with van der Waals surface area (Å²) in [6.07, 6.45) is 1.57. The van der Waals surface area contributed by atoms with E-state index in [1.807, 2.05) is 27.7 Å². The molecule has 6 atom stereocenters. The van der Waals surface area contributed by atoms with E-state index in [0.29, 0.717) is 43.0 Å². The Labute approximate surface area is 673 Å². The predicted octanol–water partition coefficient (Wildman–Crippen LogP) is -4.63. The number of oxime groups is 2. The van der Waals surface area contributed by atoms with E-state index in [1.54, 1.807) is 44.2 Å². The lowest BCUT2D eigenvalue weighted by molar-refractivity contribution is -0.141. The zero-order valence-corrected chi connectivity index (χ0v) is 67.6. The fourth-order valence-electron chi connectivity index (χ4n) is 10.6. The topological polar surface area (TPSA) is 618 Å². The molecular weight excluding hydrogens is 1530 g/mol. The molecular formula is C71H120N20O21S2. The summed E-state index contributed by atoms with van der Waals surface area (Å²) in [6, 6.07) is -0.677. The molecule has 0 radical (unpaired) electrons. The number of primary amides is 1. The molecule has 0 aliphatic carbocycles. The summed E-state index contributed by atoms with van der Waals surface area (Å²) >= 11 is 5.17. The van der Waals surface area contributed by atoms with Crippen LogP contribution in [0.5, 0.6) is 0 Å². The van der Waals surface area contributed by atoms with Crippen LogP contribution in [0.4, 0.5) is 0 Å². The van der Waals surface area contributed by atoms with Gasteiger partial charge in [-0.1, -0.05) is 40.6 Å².